The summed E-state index contributed by atoms with van der Waals surface area (Å²) in [6, 6.07) is 26.6. The first-order valence-corrected chi connectivity index (χ1v) is 9.96. The lowest BCUT2D eigenvalue weighted by molar-refractivity contribution is 0.0312. The molecule has 0 saturated heterocycles. The van der Waals surface area contributed by atoms with Crippen LogP contribution in [0.2, 0.25) is 0 Å². The predicted octanol–water partition coefficient (Wildman–Crippen LogP) is 5.29. The highest BCUT2D eigenvalue weighted by Gasteiger charge is 2.29. The Labute approximate surface area is 174 Å². The second-order valence-electron chi connectivity index (χ2n) is 7.20. The van der Waals surface area contributed by atoms with Gasteiger partial charge in [-0.25, -0.2) is 4.98 Å². The van der Waals surface area contributed by atoms with Crippen molar-refractivity contribution in [1.82, 2.24) is 4.98 Å². The second-order valence-corrected chi connectivity index (χ2v) is 7.20. The average molecular weight is 399 g/mol. The summed E-state index contributed by atoms with van der Waals surface area (Å²) in [4.78, 5) is 4.55. The molecule has 0 unspecified atom stereocenters. The van der Waals surface area contributed by atoms with E-state index in [-0.39, 0.29) is 0 Å². The van der Waals surface area contributed by atoms with E-state index in [0.29, 0.717) is 36.0 Å². The molecule has 1 aliphatic rings. The Balaban J connectivity index is 1.40. The Bertz CT molecular complexity index is 1160. The van der Waals surface area contributed by atoms with Crippen LogP contribution in [0.4, 0.5) is 0 Å². The number of aromatic nitrogens is 1. The van der Waals surface area contributed by atoms with Crippen LogP contribution in [0.1, 0.15) is 18.1 Å². The first kappa shape index (κ1) is 18.5. The molecule has 0 fully saturated rings. The van der Waals surface area contributed by atoms with Crippen LogP contribution in [0, 0.1) is 0 Å². The maximum absolute atomic E-state index is 11.0. The molecule has 150 valence electrons. The first-order chi connectivity index (χ1) is 14.8. The smallest absolute Gasteiger partial charge is 0.219 e. The molecule has 4 aromatic rings. The summed E-state index contributed by atoms with van der Waals surface area (Å²) in [5, 5.41) is 12.1. The molecule has 2 heterocycles. The van der Waals surface area contributed by atoms with Gasteiger partial charge in [-0.3, -0.25) is 0 Å². The normalized spacial score (nSPS) is 18.2. The number of fused-ring (bicyclic) bond motifs is 2. The SMILES string of the molecule is O[C@@H]1c2cc(Oc3ccc4ccccc4n3)ccc2OCC[C@H]1Oc1ccccc1. The monoisotopic (exact) mass is 399 g/mol. The van der Waals surface area contributed by atoms with Gasteiger partial charge in [0.05, 0.1) is 12.1 Å². The van der Waals surface area contributed by atoms with Crippen LogP contribution in [0.15, 0.2) is 84.9 Å². The number of nitrogens with zero attached hydrogens (tertiary/aromatic N) is 1. The minimum Gasteiger partial charge on any atom is -0.493 e. The maximum Gasteiger partial charge on any atom is 0.219 e. The molecule has 1 N–H and O–H groups in total. The Hall–Kier alpha value is -3.57. The number of para-hydroxylation sites is 2. The van der Waals surface area contributed by atoms with Gasteiger partial charge >= 0.3 is 0 Å². The van der Waals surface area contributed by atoms with Crippen LogP contribution < -0.4 is 14.2 Å². The molecule has 0 spiro atoms. The zero-order chi connectivity index (χ0) is 20.3. The Morgan fingerprint density at radius 1 is 0.867 bits per heavy atom. The van der Waals surface area contributed by atoms with E-state index in [1.165, 1.54) is 0 Å². The van der Waals surface area contributed by atoms with Crippen molar-refractivity contribution < 1.29 is 19.3 Å². The van der Waals surface area contributed by atoms with E-state index in [1.807, 2.05) is 78.9 Å². The molecular weight excluding hydrogens is 378 g/mol. The maximum atomic E-state index is 11.0. The molecule has 1 aliphatic heterocycles. The van der Waals surface area contributed by atoms with Gasteiger partial charge in [0.1, 0.15) is 29.5 Å². The van der Waals surface area contributed by atoms with Crippen molar-refractivity contribution in [2.75, 3.05) is 6.61 Å². The van der Waals surface area contributed by atoms with Crippen molar-refractivity contribution in [3.8, 4) is 23.1 Å². The summed E-state index contributed by atoms with van der Waals surface area (Å²) in [6.07, 6.45) is -0.675. The number of aliphatic hydroxyl groups is 1. The molecular formula is C25H21NO4. The van der Waals surface area contributed by atoms with Crippen molar-refractivity contribution in [2.45, 2.75) is 18.6 Å². The van der Waals surface area contributed by atoms with Gasteiger partial charge < -0.3 is 19.3 Å². The molecule has 0 amide bonds. The van der Waals surface area contributed by atoms with E-state index >= 15 is 0 Å². The van der Waals surface area contributed by atoms with Crippen molar-refractivity contribution in [3.63, 3.8) is 0 Å². The molecule has 5 heteroatoms. The van der Waals surface area contributed by atoms with Gasteiger partial charge in [0.25, 0.3) is 0 Å². The van der Waals surface area contributed by atoms with Crippen LogP contribution in [0.5, 0.6) is 23.1 Å². The van der Waals surface area contributed by atoms with Gasteiger partial charge in [-0.05, 0) is 42.5 Å². The van der Waals surface area contributed by atoms with Crippen molar-refractivity contribution >= 4 is 10.9 Å². The fourth-order valence-corrected chi connectivity index (χ4v) is 3.62. The number of hydrogen-bond acceptors (Lipinski definition) is 5. The summed E-state index contributed by atoms with van der Waals surface area (Å²) in [6.45, 7) is 0.466. The lowest BCUT2D eigenvalue weighted by Gasteiger charge is -2.22. The van der Waals surface area contributed by atoms with Crippen LogP contribution in [-0.4, -0.2) is 22.8 Å². The second kappa shape index (κ2) is 8.05. The van der Waals surface area contributed by atoms with Crippen molar-refractivity contribution in [3.05, 3.63) is 90.5 Å². The highest BCUT2D eigenvalue weighted by molar-refractivity contribution is 5.78. The average Bonchev–Trinajstić information content (AvgIpc) is 2.93. The summed E-state index contributed by atoms with van der Waals surface area (Å²) in [5.74, 6) is 2.44. The van der Waals surface area contributed by atoms with E-state index in [4.69, 9.17) is 14.2 Å². The number of aliphatic hydroxyl groups excluding tert-OH is 1. The number of benzene rings is 3. The summed E-state index contributed by atoms with van der Waals surface area (Å²) in [7, 11) is 0. The lowest BCUT2D eigenvalue weighted by Crippen LogP contribution is -2.25. The molecule has 0 bridgehead atoms. The van der Waals surface area contributed by atoms with Crippen molar-refractivity contribution in [2.24, 2.45) is 0 Å². The molecule has 0 saturated carbocycles. The molecule has 30 heavy (non-hydrogen) atoms. The van der Waals surface area contributed by atoms with Crippen LogP contribution in [0.25, 0.3) is 10.9 Å². The Morgan fingerprint density at radius 2 is 1.70 bits per heavy atom. The zero-order valence-corrected chi connectivity index (χ0v) is 16.3. The third-order valence-corrected chi connectivity index (χ3v) is 5.14. The molecule has 0 radical (unpaired) electrons. The van der Waals surface area contributed by atoms with Gasteiger partial charge in [-0.15, -0.1) is 0 Å². The molecule has 5 nitrogen and oxygen atoms in total. The molecule has 1 aromatic heterocycles. The fraction of sp³-hybridized carbons (Fsp3) is 0.160. The van der Waals surface area contributed by atoms with Crippen molar-refractivity contribution in [1.29, 1.82) is 0 Å². The number of ether oxygens (including phenoxy) is 3. The standard InChI is InChI=1S/C25H21NO4/c27-25-20-16-19(30-24-13-10-17-6-4-5-9-21(17)26-24)11-12-22(20)28-15-14-23(25)29-18-7-2-1-3-8-18/h1-13,16,23,25,27H,14-15H2/t23-,25-/m1/s1. The highest BCUT2D eigenvalue weighted by Crippen LogP contribution is 2.37. The Morgan fingerprint density at radius 3 is 2.60 bits per heavy atom. The molecule has 5 rings (SSSR count). The third-order valence-electron chi connectivity index (χ3n) is 5.14. The minimum atomic E-state index is -0.837. The fourth-order valence-electron chi connectivity index (χ4n) is 3.62. The molecule has 0 aliphatic carbocycles. The number of pyridine rings is 1. The highest BCUT2D eigenvalue weighted by atomic mass is 16.5. The van der Waals surface area contributed by atoms with Crippen LogP contribution >= 0.6 is 0 Å². The van der Waals surface area contributed by atoms with E-state index in [1.54, 1.807) is 6.07 Å². The van der Waals surface area contributed by atoms with Gasteiger partial charge in [-0.1, -0.05) is 36.4 Å². The van der Waals surface area contributed by atoms with Gasteiger partial charge in [0.2, 0.25) is 5.88 Å². The molecule has 3 aromatic carbocycles. The van der Waals surface area contributed by atoms with Gasteiger partial charge in [0.15, 0.2) is 0 Å². The molecule has 2 atom stereocenters. The number of hydrogen-bond donors (Lipinski definition) is 1. The van der Waals surface area contributed by atoms with Crippen LogP contribution in [-0.2, 0) is 0 Å². The van der Waals surface area contributed by atoms with Gasteiger partial charge in [0, 0.05) is 23.4 Å². The van der Waals surface area contributed by atoms with E-state index < -0.39 is 12.2 Å². The topological polar surface area (TPSA) is 60.8 Å². The lowest BCUT2D eigenvalue weighted by atomic mass is 10.0. The Kier molecular flexibility index (Phi) is 4.95. The summed E-state index contributed by atoms with van der Waals surface area (Å²) in [5.41, 5.74) is 1.51. The first-order valence-electron chi connectivity index (χ1n) is 9.96. The minimum absolute atomic E-state index is 0.414. The summed E-state index contributed by atoms with van der Waals surface area (Å²) >= 11 is 0. The van der Waals surface area contributed by atoms with Gasteiger partial charge in [-0.2, -0.15) is 0 Å². The summed E-state index contributed by atoms with van der Waals surface area (Å²) < 4.78 is 17.8. The quantitative estimate of drug-likeness (QED) is 0.505. The zero-order valence-electron chi connectivity index (χ0n) is 16.3. The largest absolute Gasteiger partial charge is 0.493 e. The number of rotatable bonds is 4. The van der Waals surface area contributed by atoms with Crippen LogP contribution in [0.3, 0.4) is 0 Å². The van der Waals surface area contributed by atoms with E-state index in [9.17, 15) is 5.11 Å². The van der Waals surface area contributed by atoms with E-state index in [2.05, 4.69) is 4.98 Å². The third kappa shape index (κ3) is 3.80. The predicted molar refractivity (Wildman–Crippen MR) is 114 cm³/mol. The van der Waals surface area contributed by atoms with E-state index in [0.717, 1.165) is 16.7 Å².